The van der Waals surface area contributed by atoms with E-state index in [0.29, 0.717) is 0 Å². The van der Waals surface area contributed by atoms with Gasteiger partial charge in [0, 0.05) is 11.9 Å². The van der Waals surface area contributed by atoms with Gasteiger partial charge in [-0.15, -0.1) is 41.5 Å². The van der Waals surface area contributed by atoms with Crippen molar-refractivity contribution < 1.29 is 24.7 Å². The smallest absolute Gasteiger partial charge is 0.407 e. The first-order valence-corrected chi connectivity index (χ1v) is 14.6. The standard InChI is InChI=1S/C26H32N3.C11H8N.Ir/c1-24(2,3)29-16-28-22-15-18-17(25(4,5)12-13-26(18,6)7)14-21(22)27(8)19-10-9-11-20(29)23(19)28;1-2-6-10(7-3-1)11-8-4-5-9-12-11;/h9-11,14H,12-13H2,1-8H3;1-6,8-9H;/q2*-1;+3. The Morgan fingerprint density at radius 1 is 0.881 bits per heavy atom. The van der Waals surface area contributed by atoms with Crippen LogP contribution < -0.4 is 9.47 Å². The first-order chi connectivity index (χ1) is 19.4. The maximum Gasteiger partial charge on any atom is 3.00 e. The third-order valence-corrected chi connectivity index (χ3v) is 8.74. The molecule has 0 radical (unpaired) electrons. The number of benzene rings is 3. The summed E-state index contributed by atoms with van der Waals surface area (Å²) in [4.78, 5) is 6.56. The molecule has 0 N–H and O–H groups in total. The summed E-state index contributed by atoms with van der Waals surface area (Å²) in [6, 6.07) is 29.7. The third kappa shape index (κ3) is 5.12. The average Bonchev–Trinajstić information content (AvgIpc) is 3.36. The minimum absolute atomic E-state index is 0. The predicted octanol–water partition coefficient (Wildman–Crippen LogP) is 8.25. The van der Waals surface area contributed by atoms with Crippen molar-refractivity contribution in [3.63, 3.8) is 0 Å². The van der Waals surface area contributed by atoms with E-state index in [1.165, 1.54) is 46.4 Å². The number of hydrogen-bond acceptors (Lipinski definition) is 2. The summed E-state index contributed by atoms with van der Waals surface area (Å²) in [6.45, 7) is 16.2. The number of pyridine rings is 1. The van der Waals surface area contributed by atoms with Crippen molar-refractivity contribution in [2.75, 3.05) is 11.9 Å². The minimum Gasteiger partial charge on any atom is -0.407 e. The molecule has 2 aromatic heterocycles. The van der Waals surface area contributed by atoms with Crippen LogP contribution in [0.2, 0.25) is 0 Å². The molecule has 7 rings (SSSR count). The summed E-state index contributed by atoms with van der Waals surface area (Å²) >= 11 is 0. The third-order valence-electron chi connectivity index (χ3n) is 8.74. The first-order valence-electron chi connectivity index (χ1n) is 14.6. The summed E-state index contributed by atoms with van der Waals surface area (Å²) in [5.74, 6) is 0. The normalized spacial score (nSPS) is 16.0. The maximum absolute atomic E-state index is 4.22. The van der Waals surface area contributed by atoms with Crippen molar-refractivity contribution in [2.24, 2.45) is 0 Å². The van der Waals surface area contributed by atoms with Crippen molar-refractivity contribution >= 4 is 22.4 Å². The number of aromatic nitrogens is 3. The molecular formula is C37H40IrN4+. The Morgan fingerprint density at radius 3 is 2.29 bits per heavy atom. The molecule has 4 nitrogen and oxygen atoms in total. The summed E-state index contributed by atoms with van der Waals surface area (Å²) < 4.78 is 4.53. The molecule has 5 heteroatoms. The fraction of sp³-hybridized carbons (Fsp3) is 0.351. The molecular weight excluding hydrogens is 693 g/mol. The quantitative estimate of drug-likeness (QED) is 0.128. The molecule has 3 aromatic carbocycles. The van der Waals surface area contributed by atoms with Gasteiger partial charge in [-0.2, -0.15) is 17.7 Å². The summed E-state index contributed by atoms with van der Waals surface area (Å²) in [5.41, 5.74) is 11.1. The average molecular weight is 733 g/mol. The van der Waals surface area contributed by atoms with E-state index in [2.05, 4.69) is 117 Å². The second kappa shape index (κ2) is 10.8. The van der Waals surface area contributed by atoms with Crippen LogP contribution in [0.15, 0.2) is 72.9 Å². The number of anilines is 2. The molecule has 1 aliphatic carbocycles. The number of nitrogens with zero attached hydrogens (tertiary/aromatic N) is 4. The molecule has 5 aromatic rings. The van der Waals surface area contributed by atoms with Crippen LogP contribution in [-0.2, 0) is 36.5 Å². The van der Waals surface area contributed by atoms with E-state index in [9.17, 15) is 0 Å². The second-order valence-corrected chi connectivity index (χ2v) is 13.7. The largest absolute Gasteiger partial charge is 3.00 e. The topological polar surface area (TPSA) is 24.9 Å². The van der Waals surface area contributed by atoms with Crippen LogP contribution in [0.3, 0.4) is 0 Å². The predicted molar refractivity (Wildman–Crippen MR) is 168 cm³/mol. The number of imidazole rings is 1. The fourth-order valence-corrected chi connectivity index (χ4v) is 6.19. The Labute approximate surface area is 264 Å². The van der Waals surface area contributed by atoms with Gasteiger partial charge in [-0.05, 0) is 63.2 Å². The molecule has 0 atom stereocenters. The Balaban J connectivity index is 0.000000228. The SMILES string of the molecule is CN1c2cc3c([c-]c2-[n+]2[c-]n(C(C)(C)C)c4cccc1c42)C(C)(C)CCC3(C)C.[Ir+3].[c-]1ccccc1-c1ccccn1. The van der Waals surface area contributed by atoms with Gasteiger partial charge in [-0.25, -0.2) is 0 Å². The number of rotatable bonds is 1. The summed E-state index contributed by atoms with van der Waals surface area (Å²) in [6.07, 6.45) is 7.87. The molecule has 0 bridgehead atoms. The zero-order valence-electron chi connectivity index (χ0n) is 26.0. The molecule has 0 spiro atoms. The van der Waals surface area contributed by atoms with Crippen molar-refractivity contribution in [1.29, 1.82) is 0 Å². The minimum atomic E-state index is -0.0410. The van der Waals surface area contributed by atoms with Gasteiger partial charge in [0.05, 0.1) is 16.6 Å². The van der Waals surface area contributed by atoms with Crippen LogP contribution in [0.5, 0.6) is 0 Å². The zero-order chi connectivity index (χ0) is 29.2. The molecule has 0 saturated heterocycles. The van der Waals surface area contributed by atoms with Crippen LogP contribution in [0, 0.1) is 18.5 Å². The van der Waals surface area contributed by atoms with Gasteiger partial charge in [0.1, 0.15) is 0 Å². The molecule has 0 amide bonds. The van der Waals surface area contributed by atoms with Crippen molar-refractivity contribution in [2.45, 2.75) is 77.7 Å². The number of para-hydroxylation sites is 1. The molecule has 2 aliphatic rings. The number of fused-ring (bicyclic) bond motifs is 3. The monoisotopic (exact) mass is 733 g/mol. The van der Waals surface area contributed by atoms with E-state index < -0.39 is 0 Å². The Hall–Kier alpha value is -3.27. The van der Waals surface area contributed by atoms with Crippen LogP contribution in [0.1, 0.15) is 72.4 Å². The van der Waals surface area contributed by atoms with Gasteiger partial charge in [0.15, 0.2) is 0 Å². The molecule has 0 fully saturated rings. The van der Waals surface area contributed by atoms with Crippen molar-refractivity contribution in [3.8, 4) is 16.9 Å². The molecule has 0 unspecified atom stereocenters. The van der Waals surface area contributed by atoms with Gasteiger partial charge in [-0.3, -0.25) is 0 Å². The van der Waals surface area contributed by atoms with E-state index in [1.807, 2.05) is 42.5 Å². The number of hydrogen-bond donors (Lipinski definition) is 0. The Bertz CT molecular complexity index is 1690. The second-order valence-electron chi connectivity index (χ2n) is 13.7. The van der Waals surface area contributed by atoms with Crippen LogP contribution in [-0.4, -0.2) is 16.6 Å². The maximum atomic E-state index is 4.22. The van der Waals surface area contributed by atoms with E-state index in [4.69, 9.17) is 0 Å². The molecule has 0 saturated carbocycles. The van der Waals surface area contributed by atoms with Gasteiger partial charge >= 0.3 is 20.1 Å². The van der Waals surface area contributed by atoms with Crippen LogP contribution >= 0.6 is 0 Å². The molecule has 216 valence electrons. The first kappa shape index (κ1) is 30.2. The van der Waals surface area contributed by atoms with Gasteiger partial charge in [0.2, 0.25) is 6.33 Å². The Kier molecular flexibility index (Phi) is 7.75. The van der Waals surface area contributed by atoms with E-state index in [-0.39, 0.29) is 36.5 Å². The van der Waals surface area contributed by atoms with Gasteiger partial charge in [0.25, 0.3) is 0 Å². The van der Waals surface area contributed by atoms with E-state index in [0.717, 1.165) is 16.9 Å². The fourth-order valence-electron chi connectivity index (χ4n) is 6.19. The van der Waals surface area contributed by atoms with Crippen LogP contribution in [0.4, 0.5) is 11.4 Å². The van der Waals surface area contributed by atoms with Crippen molar-refractivity contribution in [3.05, 3.63) is 103 Å². The molecule has 1 aliphatic heterocycles. The summed E-state index contributed by atoms with van der Waals surface area (Å²) in [5, 5.41) is 0. The van der Waals surface area contributed by atoms with Gasteiger partial charge in [-0.1, -0.05) is 69.5 Å². The van der Waals surface area contributed by atoms with Gasteiger partial charge < -0.3 is 19.0 Å². The van der Waals surface area contributed by atoms with E-state index >= 15 is 0 Å². The summed E-state index contributed by atoms with van der Waals surface area (Å²) in [7, 11) is 2.19. The molecule has 42 heavy (non-hydrogen) atoms. The Morgan fingerprint density at radius 2 is 1.62 bits per heavy atom. The van der Waals surface area contributed by atoms with E-state index in [1.54, 1.807) is 6.20 Å². The zero-order valence-corrected chi connectivity index (χ0v) is 28.4. The molecule has 3 heterocycles. The van der Waals surface area contributed by atoms with Crippen LogP contribution in [0.25, 0.3) is 28.0 Å². The van der Waals surface area contributed by atoms with Crippen molar-refractivity contribution in [1.82, 2.24) is 9.55 Å².